The fourth-order valence-corrected chi connectivity index (χ4v) is 7.63. The summed E-state index contributed by atoms with van der Waals surface area (Å²) in [6.45, 7) is 2.06. The van der Waals surface area contributed by atoms with Crippen LogP contribution in [0.15, 0.2) is 16.3 Å². The summed E-state index contributed by atoms with van der Waals surface area (Å²) >= 11 is 1.19. The van der Waals surface area contributed by atoms with E-state index in [9.17, 15) is 18.0 Å². The van der Waals surface area contributed by atoms with E-state index in [4.69, 9.17) is 0 Å². The highest BCUT2D eigenvalue weighted by molar-refractivity contribution is 7.89. The highest BCUT2D eigenvalue weighted by Gasteiger charge is 2.34. The van der Waals surface area contributed by atoms with Crippen molar-refractivity contribution in [1.29, 1.82) is 0 Å². The van der Waals surface area contributed by atoms with E-state index in [0.29, 0.717) is 43.9 Å². The molecule has 0 radical (unpaired) electrons. The molecule has 2 aliphatic heterocycles. The smallest absolute Gasteiger partial charge is 0.315 e. The molecule has 1 aromatic rings. The molecule has 3 heterocycles. The molecular weight excluding hydrogens is 436 g/mol. The van der Waals surface area contributed by atoms with E-state index in [-0.39, 0.29) is 28.9 Å². The molecule has 3 fully saturated rings. The van der Waals surface area contributed by atoms with Crippen LogP contribution in [0.3, 0.4) is 0 Å². The number of piperidine rings is 1. The first kappa shape index (κ1) is 22.5. The van der Waals surface area contributed by atoms with Crippen molar-refractivity contribution >= 4 is 33.3 Å². The lowest BCUT2D eigenvalue weighted by molar-refractivity contribution is 0.0709. The molecular formula is C21H32N4O4S2. The number of hydrogen-bond acceptors (Lipinski definition) is 5. The molecule has 0 aromatic carbocycles. The molecule has 31 heavy (non-hydrogen) atoms. The first-order valence-electron chi connectivity index (χ1n) is 11.4. The Morgan fingerprint density at radius 1 is 0.871 bits per heavy atom. The third kappa shape index (κ3) is 5.23. The van der Waals surface area contributed by atoms with E-state index < -0.39 is 10.0 Å². The van der Waals surface area contributed by atoms with Crippen LogP contribution in [0.2, 0.25) is 0 Å². The summed E-state index contributed by atoms with van der Waals surface area (Å²) in [6, 6.07) is 1.73. The molecule has 0 spiro atoms. The maximum Gasteiger partial charge on any atom is 0.315 e. The molecule has 8 nitrogen and oxygen atoms in total. The van der Waals surface area contributed by atoms with Gasteiger partial charge in [-0.2, -0.15) is 4.31 Å². The molecule has 3 amide bonds. The van der Waals surface area contributed by atoms with Gasteiger partial charge in [0.25, 0.3) is 5.91 Å². The average Bonchev–Trinajstić information content (AvgIpc) is 3.47. The van der Waals surface area contributed by atoms with Crippen LogP contribution in [0, 0.1) is 0 Å². The van der Waals surface area contributed by atoms with Gasteiger partial charge in [-0.3, -0.25) is 4.79 Å². The molecule has 1 aromatic heterocycles. The van der Waals surface area contributed by atoms with Crippen molar-refractivity contribution < 1.29 is 18.0 Å². The lowest BCUT2D eigenvalue weighted by atomic mass is 9.96. The summed E-state index contributed by atoms with van der Waals surface area (Å²) in [7, 11) is -3.62. The minimum atomic E-state index is -3.62. The van der Waals surface area contributed by atoms with Gasteiger partial charge in [-0.1, -0.05) is 19.3 Å². The van der Waals surface area contributed by atoms with Crippen molar-refractivity contribution in [1.82, 2.24) is 19.8 Å². The number of thiophene rings is 1. The molecule has 172 valence electrons. The van der Waals surface area contributed by atoms with Gasteiger partial charge in [0.15, 0.2) is 0 Å². The van der Waals surface area contributed by atoms with Crippen molar-refractivity contribution in [3.63, 3.8) is 0 Å². The highest BCUT2D eigenvalue weighted by Crippen LogP contribution is 2.29. The average molecular weight is 469 g/mol. The summed E-state index contributed by atoms with van der Waals surface area (Å²) in [4.78, 5) is 27.5. The van der Waals surface area contributed by atoms with Crippen LogP contribution in [-0.4, -0.2) is 67.8 Å². The zero-order valence-electron chi connectivity index (χ0n) is 17.8. The van der Waals surface area contributed by atoms with Crippen LogP contribution in [0.25, 0.3) is 0 Å². The van der Waals surface area contributed by atoms with Crippen LogP contribution in [0.1, 0.15) is 67.5 Å². The zero-order valence-corrected chi connectivity index (χ0v) is 19.5. The van der Waals surface area contributed by atoms with Gasteiger partial charge in [-0.05, 0) is 50.0 Å². The predicted octanol–water partition coefficient (Wildman–Crippen LogP) is 2.77. The molecule has 2 saturated heterocycles. The number of amides is 3. The van der Waals surface area contributed by atoms with Crippen LogP contribution in [-0.2, 0) is 10.0 Å². The standard InChI is InChI=1S/C21H32N4O4S2/c26-20(19-18(10-15-30-19)31(28,29)25-11-4-5-12-25)24-13-8-17(9-14-24)23-21(27)22-16-6-2-1-3-7-16/h10,15-17H,1-9,11-14H2,(H2,22,23,27). The van der Waals surface area contributed by atoms with Gasteiger partial charge in [0.1, 0.15) is 9.77 Å². The summed E-state index contributed by atoms with van der Waals surface area (Å²) in [5.74, 6) is -0.224. The van der Waals surface area contributed by atoms with Gasteiger partial charge in [-0.25, -0.2) is 13.2 Å². The molecule has 10 heteroatoms. The quantitative estimate of drug-likeness (QED) is 0.694. The largest absolute Gasteiger partial charge is 0.338 e. The minimum Gasteiger partial charge on any atom is -0.338 e. The van der Waals surface area contributed by atoms with E-state index in [1.54, 1.807) is 16.3 Å². The Balaban J connectivity index is 1.31. The number of urea groups is 1. The third-order valence-electron chi connectivity index (χ3n) is 6.56. The first-order valence-corrected chi connectivity index (χ1v) is 13.7. The Labute approximate surface area is 188 Å². The van der Waals surface area contributed by atoms with E-state index >= 15 is 0 Å². The molecule has 1 saturated carbocycles. The summed E-state index contributed by atoms with van der Waals surface area (Å²) in [5.41, 5.74) is 0. The maximum atomic E-state index is 13.1. The van der Waals surface area contributed by atoms with Crippen molar-refractivity contribution in [2.45, 2.75) is 74.8 Å². The van der Waals surface area contributed by atoms with Gasteiger partial charge in [0.2, 0.25) is 10.0 Å². The van der Waals surface area contributed by atoms with Crippen LogP contribution in [0.5, 0.6) is 0 Å². The lowest BCUT2D eigenvalue weighted by Gasteiger charge is -2.33. The monoisotopic (exact) mass is 468 g/mol. The molecule has 0 unspecified atom stereocenters. The van der Waals surface area contributed by atoms with Crippen LogP contribution >= 0.6 is 11.3 Å². The molecule has 3 aliphatic rings. The van der Waals surface area contributed by atoms with Gasteiger partial charge < -0.3 is 15.5 Å². The van der Waals surface area contributed by atoms with Crippen LogP contribution < -0.4 is 10.6 Å². The molecule has 4 rings (SSSR count). The normalized spacial score (nSPS) is 21.9. The highest BCUT2D eigenvalue weighted by atomic mass is 32.2. The number of nitrogens with one attached hydrogen (secondary N) is 2. The second kappa shape index (κ2) is 9.87. The number of carbonyl (C=O) groups is 2. The van der Waals surface area contributed by atoms with Crippen molar-refractivity contribution in [2.24, 2.45) is 0 Å². The third-order valence-corrected chi connectivity index (χ3v) is 9.54. The minimum absolute atomic E-state index is 0.0313. The summed E-state index contributed by atoms with van der Waals surface area (Å²) < 4.78 is 27.4. The van der Waals surface area contributed by atoms with Crippen molar-refractivity contribution in [3.05, 3.63) is 16.3 Å². The topological polar surface area (TPSA) is 98.8 Å². The van der Waals surface area contributed by atoms with Crippen molar-refractivity contribution in [2.75, 3.05) is 26.2 Å². The molecule has 0 atom stereocenters. The van der Waals surface area contributed by atoms with E-state index in [1.807, 2.05) is 0 Å². The molecule has 2 N–H and O–H groups in total. The second-order valence-corrected chi connectivity index (χ2v) is 11.6. The second-order valence-electron chi connectivity index (χ2n) is 8.74. The van der Waals surface area contributed by atoms with E-state index in [1.165, 1.54) is 34.9 Å². The Morgan fingerprint density at radius 3 is 2.13 bits per heavy atom. The Hall–Kier alpha value is -1.65. The van der Waals surface area contributed by atoms with Gasteiger partial charge in [0, 0.05) is 38.3 Å². The maximum absolute atomic E-state index is 13.1. The van der Waals surface area contributed by atoms with Gasteiger partial charge in [-0.15, -0.1) is 11.3 Å². The fourth-order valence-electron chi connectivity index (χ4n) is 4.75. The number of carbonyl (C=O) groups excluding carboxylic acids is 2. The number of rotatable bonds is 5. The SMILES string of the molecule is O=C(NC1CCCCC1)NC1CCN(C(=O)c2sccc2S(=O)(=O)N2CCCC2)CC1. The van der Waals surface area contributed by atoms with Crippen LogP contribution in [0.4, 0.5) is 4.79 Å². The molecule has 1 aliphatic carbocycles. The Kier molecular flexibility index (Phi) is 7.18. The van der Waals surface area contributed by atoms with Crippen molar-refractivity contribution in [3.8, 4) is 0 Å². The fraction of sp³-hybridized carbons (Fsp3) is 0.714. The lowest BCUT2D eigenvalue weighted by Crippen LogP contribution is -2.51. The predicted molar refractivity (Wildman–Crippen MR) is 120 cm³/mol. The van der Waals surface area contributed by atoms with Gasteiger partial charge >= 0.3 is 6.03 Å². The number of likely N-dealkylation sites (tertiary alicyclic amines) is 1. The van der Waals surface area contributed by atoms with E-state index in [2.05, 4.69) is 10.6 Å². The van der Waals surface area contributed by atoms with E-state index in [0.717, 1.165) is 25.7 Å². The number of hydrogen-bond donors (Lipinski definition) is 2. The summed E-state index contributed by atoms with van der Waals surface area (Å²) in [6.07, 6.45) is 8.74. The first-order chi connectivity index (χ1) is 14.9. The summed E-state index contributed by atoms with van der Waals surface area (Å²) in [5, 5.41) is 7.80. The van der Waals surface area contributed by atoms with Gasteiger partial charge in [0.05, 0.1) is 0 Å². The zero-order chi connectivity index (χ0) is 21.8. The number of sulfonamides is 1. The Bertz CT molecular complexity index is 881. The molecule has 0 bridgehead atoms. The number of nitrogens with zero attached hydrogens (tertiary/aromatic N) is 2. The Morgan fingerprint density at radius 2 is 1.48 bits per heavy atom.